The van der Waals surface area contributed by atoms with Gasteiger partial charge >= 0.3 is 0 Å². The number of nitrogens with two attached hydrogens (primary N) is 1. The number of aromatic nitrogens is 3. The molecule has 2 N–H and O–H groups in total. The maximum absolute atomic E-state index is 11.9. The minimum atomic E-state index is -0.596. The third kappa shape index (κ3) is 3.87. The van der Waals surface area contributed by atoms with Crippen LogP contribution in [0.25, 0.3) is 16.6 Å². The van der Waals surface area contributed by atoms with E-state index in [-0.39, 0.29) is 5.56 Å². The SMILES string of the molecule is COc1cc(Oc2ccnc3cc(OC)c(C(N)=O)cc23)cc(-n2nc(C)cc2C)c1. The Hall–Kier alpha value is -4.07. The van der Waals surface area contributed by atoms with Crippen LogP contribution in [0.5, 0.6) is 23.0 Å². The van der Waals surface area contributed by atoms with Crippen molar-refractivity contribution in [3.63, 3.8) is 0 Å². The third-order valence-corrected chi connectivity index (χ3v) is 4.87. The lowest BCUT2D eigenvalue weighted by Gasteiger charge is -2.14. The van der Waals surface area contributed by atoms with Crippen molar-refractivity contribution in [3.05, 3.63) is 65.6 Å². The maximum atomic E-state index is 11.9. The number of pyridine rings is 1. The summed E-state index contributed by atoms with van der Waals surface area (Å²) >= 11 is 0. The summed E-state index contributed by atoms with van der Waals surface area (Å²) in [5.74, 6) is 1.45. The van der Waals surface area contributed by atoms with Crippen molar-refractivity contribution >= 4 is 16.8 Å². The van der Waals surface area contributed by atoms with Crippen molar-refractivity contribution in [1.82, 2.24) is 14.8 Å². The fraction of sp³-hybridized carbons (Fsp3) is 0.174. The molecule has 8 heteroatoms. The normalized spacial score (nSPS) is 10.8. The molecule has 0 spiro atoms. The quantitative estimate of drug-likeness (QED) is 0.509. The van der Waals surface area contributed by atoms with E-state index in [2.05, 4.69) is 10.1 Å². The van der Waals surface area contributed by atoms with E-state index < -0.39 is 5.91 Å². The Balaban J connectivity index is 1.82. The fourth-order valence-electron chi connectivity index (χ4n) is 3.47. The van der Waals surface area contributed by atoms with Gasteiger partial charge in [0.2, 0.25) is 0 Å². The van der Waals surface area contributed by atoms with E-state index in [9.17, 15) is 4.79 Å². The molecule has 0 atom stereocenters. The molecule has 0 saturated carbocycles. The number of ether oxygens (including phenoxy) is 3. The summed E-state index contributed by atoms with van der Waals surface area (Å²) < 4.78 is 18.8. The van der Waals surface area contributed by atoms with Crippen LogP contribution >= 0.6 is 0 Å². The largest absolute Gasteiger partial charge is 0.497 e. The molecule has 1 amide bonds. The Morgan fingerprint density at radius 2 is 1.74 bits per heavy atom. The number of hydrogen-bond acceptors (Lipinski definition) is 6. The molecule has 0 aliphatic rings. The molecule has 4 aromatic rings. The summed E-state index contributed by atoms with van der Waals surface area (Å²) in [6, 6.07) is 12.5. The lowest BCUT2D eigenvalue weighted by atomic mass is 10.1. The lowest BCUT2D eigenvalue weighted by Crippen LogP contribution is -2.12. The van der Waals surface area contributed by atoms with Crippen LogP contribution in [0.4, 0.5) is 0 Å². The summed E-state index contributed by atoms with van der Waals surface area (Å²) in [5, 5.41) is 5.17. The average molecular weight is 418 g/mol. The van der Waals surface area contributed by atoms with E-state index in [4.69, 9.17) is 19.9 Å². The molecule has 2 aromatic carbocycles. The van der Waals surface area contributed by atoms with Crippen molar-refractivity contribution in [2.75, 3.05) is 14.2 Å². The van der Waals surface area contributed by atoms with Crippen LogP contribution in [0, 0.1) is 13.8 Å². The van der Waals surface area contributed by atoms with Crippen LogP contribution in [-0.4, -0.2) is 34.9 Å². The smallest absolute Gasteiger partial charge is 0.252 e. The molecule has 0 aliphatic carbocycles. The number of methoxy groups -OCH3 is 2. The predicted octanol–water partition coefficient (Wildman–Crippen LogP) is 3.95. The van der Waals surface area contributed by atoms with Crippen LogP contribution in [-0.2, 0) is 0 Å². The van der Waals surface area contributed by atoms with E-state index in [1.54, 1.807) is 37.6 Å². The summed E-state index contributed by atoms with van der Waals surface area (Å²) in [6.07, 6.45) is 1.63. The minimum Gasteiger partial charge on any atom is -0.497 e. The third-order valence-electron chi connectivity index (χ3n) is 4.87. The van der Waals surface area contributed by atoms with Gasteiger partial charge in [0.15, 0.2) is 0 Å². The Morgan fingerprint density at radius 3 is 2.39 bits per heavy atom. The summed E-state index contributed by atoms with van der Waals surface area (Å²) in [4.78, 5) is 16.2. The van der Waals surface area contributed by atoms with E-state index in [0.717, 1.165) is 17.1 Å². The molecule has 31 heavy (non-hydrogen) atoms. The van der Waals surface area contributed by atoms with Crippen molar-refractivity contribution < 1.29 is 19.0 Å². The van der Waals surface area contributed by atoms with Gasteiger partial charge in [0.05, 0.1) is 36.7 Å². The predicted molar refractivity (Wildman–Crippen MR) is 116 cm³/mol. The van der Waals surface area contributed by atoms with Crippen LogP contribution in [0.3, 0.4) is 0 Å². The van der Waals surface area contributed by atoms with Crippen LogP contribution in [0.15, 0.2) is 48.7 Å². The number of primary amides is 1. The zero-order valence-electron chi connectivity index (χ0n) is 17.7. The summed E-state index contributed by atoms with van der Waals surface area (Å²) in [5.41, 5.74) is 9.09. The minimum absolute atomic E-state index is 0.252. The Bertz CT molecular complexity index is 1300. The molecular formula is C23H22N4O4. The highest BCUT2D eigenvalue weighted by Crippen LogP contribution is 2.35. The van der Waals surface area contributed by atoms with Gasteiger partial charge in [0.1, 0.15) is 23.0 Å². The second-order valence-electron chi connectivity index (χ2n) is 7.05. The average Bonchev–Trinajstić information content (AvgIpc) is 3.10. The molecule has 158 valence electrons. The van der Waals surface area contributed by atoms with Gasteiger partial charge in [-0.05, 0) is 32.0 Å². The van der Waals surface area contributed by atoms with Gasteiger partial charge in [0, 0.05) is 41.5 Å². The highest BCUT2D eigenvalue weighted by Gasteiger charge is 2.15. The first-order valence-electron chi connectivity index (χ1n) is 9.56. The molecule has 0 fully saturated rings. The standard InChI is InChI=1S/C23H22N4O4/c1-13-7-14(2)27(26-13)15-8-16(29-3)10-17(9-15)31-21-5-6-25-20-12-22(30-4)19(23(24)28)11-18(20)21/h5-12H,1-4H3,(H2,24,28). The Morgan fingerprint density at radius 1 is 0.968 bits per heavy atom. The van der Waals surface area contributed by atoms with Gasteiger partial charge in [-0.25, -0.2) is 4.68 Å². The van der Waals surface area contributed by atoms with E-state index >= 15 is 0 Å². The molecule has 0 saturated heterocycles. The van der Waals surface area contributed by atoms with E-state index in [1.165, 1.54) is 7.11 Å². The van der Waals surface area contributed by atoms with Crippen molar-refractivity contribution in [2.24, 2.45) is 5.73 Å². The number of carbonyl (C=O) groups is 1. The number of carbonyl (C=O) groups excluding carboxylic acids is 1. The number of fused-ring (bicyclic) bond motifs is 1. The number of hydrogen-bond donors (Lipinski definition) is 1. The van der Waals surface area contributed by atoms with Gasteiger partial charge < -0.3 is 19.9 Å². The zero-order valence-corrected chi connectivity index (χ0v) is 17.7. The lowest BCUT2D eigenvalue weighted by molar-refractivity contribution is 0.0997. The van der Waals surface area contributed by atoms with Crippen LogP contribution in [0.2, 0.25) is 0 Å². The molecule has 0 unspecified atom stereocenters. The molecule has 4 rings (SSSR count). The molecule has 2 heterocycles. The Kier molecular flexibility index (Phi) is 5.21. The monoisotopic (exact) mass is 418 g/mol. The first-order valence-corrected chi connectivity index (χ1v) is 9.56. The number of benzene rings is 2. The first-order chi connectivity index (χ1) is 14.9. The number of rotatable bonds is 6. The van der Waals surface area contributed by atoms with Crippen LogP contribution < -0.4 is 19.9 Å². The number of amides is 1. The molecule has 0 aliphatic heterocycles. The summed E-state index contributed by atoms with van der Waals surface area (Å²) in [6.45, 7) is 3.92. The number of aryl methyl sites for hydroxylation is 2. The molecule has 2 aromatic heterocycles. The van der Waals surface area contributed by atoms with Crippen molar-refractivity contribution in [2.45, 2.75) is 13.8 Å². The second kappa shape index (κ2) is 7.98. The van der Waals surface area contributed by atoms with Crippen LogP contribution in [0.1, 0.15) is 21.7 Å². The van der Waals surface area contributed by atoms with Crippen molar-refractivity contribution in [3.8, 4) is 28.7 Å². The molecule has 8 nitrogen and oxygen atoms in total. The topological polar surface area (TPSA) is 101 Å². The molecule has 0 radical (unpaired) electrons. The second-order valence-corrected chi connectivity index (χ2v) is 7.05. The van der Waals surface area contributed by atoms with E-state index in [0.29, 0.717) is 33.9 Å². The van der Waals surface area contributed by atoms with Crippen molar-refractivity contribution in [1.29, 1.82) is 0 Å². The highest BCUT2D eigenvalue weighted by atomic mass is 16.5. The summed E-state index contributed by atoms with van der Waals surface area (Å²) in [7, 11) is 3.07. The molecular weight excluding hydrogens is 396 g/mol. The fourth-order valence-corrected chi connectivity index (χ4v) is 3.47. The van der Waals surface area contributed by atoms with E-state index in [1.807, 2.05) is 36.7 Å². The highest BCUT2D eigenvalue weighted by molar-refractivity contribution is 6.01. The first kappa shape index (κ1) is 20.2. The van der Waals surface area contributed by atoms with Gasteiger partial charge in [-0.2, -0.15) is 5.10 Å². The van der Waals surface area contributed by atoms with Gasteiger partial charge in [-0.3, -0.25) is 9.78 Å². The maximum Gasteiger partial charge on any atom is 0.252 e. The van der Waals surface area contributed by atoms with Gasteiger partial charge in [-0.1, -0.05) is 0 Å². The zero-order chi connectivity index (χ0) is 22.1. The number of nitrogens with zero attached hydrogens (tertiary/aromatic N) is 3. The van der Waals surface area contributed by atoms with Gasteiger partial charge in [0.25, 0.3) is 5.91 Å². The Labute approximate surface area is 179 Å². The van der Waals surface area contributed by atoms with Gasteiger partial charge in [-0.15, -0.1) is 0 Å². The molecule has 0 bridgehead atoms.